The van der Waals surface area contributed by atoms with E-state index < -0.39 is 0 Å². The van der Waals surface area contributed by atoms with Gasteiger partial charge in [-0.15, -0.1) is 0 Å². The molecule has 3 aromatic rings. The monoisotopic (exact) mass is 295 g/mol. The van der Waals surface area contributed by atoms with Gasteiger partial charge in [-0.05, 0) is 36.2 Å². The van der Waals surface area contributed by atoms with Gasteiger partial charge in [0, 0.05) is 24.3 Å². The molecule has 1 N–H and O–H groups in total. The highest BCUT2D eigenvalue weighted by molar-refractivity contribution is 5.90. The number of rotatable bonds is 5. The van der Waals surface area contributed by atoms with Gasteiger partial charge < -0.3 is 5.32 Å². The van der Waals surface area contributed by atoms with Gasteiger partial charge in [0.15, 0.2) is 0 Å². The lowest BCUT2D eigenvalue weighted by molar-refractivity contribution is -0.116. The lowest BCUT2D eigenvalue weighted by Crippen LogP contribution is -2.19. The van der Waals surface area contributed by atoms with Crippen LogP contribution in [0.5, 0.6) is 0 Å². The van der Waals surface area contributed by atoms with E-state index >= 15 is 0 Å². The Balaban J connectivity index is 1.63. The first kappa shape index (κ1) is 14.1. The molecule has 1 amide bonds. The number of benzene rings is 1. The molecule has 0 aliphatic rings. The zero-order valence-electron chi connectivity index (χ0n) is 12.3. The molecule has 0 bridgehead atoms. The molecule has 0 saturated carbocycles. The molecule has 2 heterocycles. The maximum atomic E-state index is 12.0. The molecular formula is C16H17N5O. The van der Waals surface area contributed by atoms with Gasteiger partial charge in [0.2, 0.25) is 5.91 Å². The smallest absolute Gasteiger partial charge is 0.246 e. The predicted molar refractivity (Wildman–Crippen MR) is 83.4 cm³/mol. The minimum absolute atomic E-state index is 0.0978. The molecule has 0 unspecified atom stereocenters. The highest BCUT2D eigenvalue weighted by atomic mass is 16.2. The van der Waals surface area contributed by atoms with E-state index in [0.29, 0.717) is 6.54 Å². The van der Waals surface area contributed by atoms with E-state index in [9.17, 15) is 4.79 Å². The normalized spacial score (nSPS) is 10.6. The van der Waals surface area contributed by atoms with Crippen molar-refractivity contribution in [3.05, 3.63) is 66.2 Å². The number of aryl methyl sites for hydroxylation is 1. The minimum Gasteiger partial charge on any atom is -0.324 e. The molecular weight excluding hydrogens is 278 g/mol. The van der Waals surface area contributed by atoms with Crippen LogP contribution in [0.25, 0.3) is 0 Å². The van der Waals surface area contributed by atoms with Gasteiger partial charge >= 0.3 is 0 Å². The van der Waals surface area contributed by atoms with Gasteiger partial charge in [-0.2, -0.15) is 10.2 Å². The Bertz CT molecular complexity index is 760. The van der Waals surface area contributed by atoms with Crippen LogP contribution < -0.4 is 5.32 Å². The highest BCUT2D eigenvalue weighted by Gasteiger charge is 2.05. The van der Waals surface area contributed by atoms with Crippen molar-refractivity contribution in [1.29, 1.82) is 0 Å². The standard InChI is InChI=1S/C16H17N5O/c1-13-9-18-21(10-13)12-16(22)19-15-5-2-4-14(8-15)11-20-7-3-6-17-20/h2-10H,11-12H2,1H3,(H,19,22). The van der Waals surface area contributed by atoms with E-state index in [2.05, 4.69) is 15.5 Å². The zero-order valence-corrected chi connectivity index (χ0v) is 12.3. The van der Waals surface area contributed by atoms with Crippen LogP contribution in [0.1, 0.15) is 11.1 Å². The first-order chi connectivity index (χ1) is 10.7. The summed E-state index contributed by atoms with van der Waals surface area (Å²) in [6.07, 6.45) is 7.23. The number of carbonyl (C=O) groups excluding carboxylic acids is 1. The molecule has 0 radical (unpaired) electrons. The van der Waals surface area contributed by atoms with Gasteiger partial charge in [-0.3, -0.25) is 14.2 Å². The number of nitrogens with zero attached hydrogens (tertiary/aromatic N) is 4. The zero-order chi connectivity index (χ0) is 15.4. The van der Waals surface area contributed by atoms with Gasteiger partial charge in [-0.1, -0.05) is 12.1 Å². The Morgan fingerprint density at radius 1 is 1.23 bits per heavy atom. The highest BCUT2D eigenvalue weighted by Crippen LogP contribution is 2.12. The third kappa shape index (κ3) is 3.60. The van der Waals surface area contributed by atoms with Crippen molar-refractivity contribution in [3.8, 4) is 0 Å². The van der Waals surface area contributed by atoms with Crippen LogP contribution >= 0.6 is 0 Å². The maximum Gasteiger partial charge on any atom is 0.246 e. The van der Waals surface area contributed by atoms with E-state index in [0.717, 1.165) is 16.8 Å². The van der Waals surface area contributed by atoms with Crippen LogP contribution in [0.2, 0.25) is 0 Å². The largest absolute Gasteiger partial charge is 0.324 e. The summed E-state index contributed by atoms with van der Waals surface area (Å²) in [7, 11) is 0. The van der Waals surface area contributed by atoms with Gasteiger partial charge in [0.1, 0.15) is 6.54 Å². The van der Waals surface area contributed by atoms with Crippen molar-refractivity contribution < 1.29 is 4.79 Å². The van der Waals surface area contributed by atoms with Crippen LogP contribution in [-0.2, 0) is 17.9 Å². The fraction of sp³-hybridized carbons (Fsp3) is 0.188. The summed E-state index contributed by atoms with van der Waals surface area (Å²) in [4.78, 5) is 12.0. The Kier molecular flexibility index (Phi) is 4.00. The van der Waals surface area contributed by atoms with Gasteiger partial charge in [0.25, 0.3) is 0 Å². The first-order valence-corrected chi connectivity index (χ1v) is 7.04. The van der Waals surface area contributed by atoms with Crippen molar-refractivity contribution in [2.75, 3.05) is 5.32 Å². The average Bonchev–Trinajstić information content (AvgIpc) is 3.11. The average molecular weight is 295 g/mol. The molecule has 0 fully saturated rings. The molecule has 3 rings (SSSR count). The third-order valence-corrected chi connectivity index (χ3v) is 3.18. The van der Waals surface area contributed by atoms with Crippen LogP contribution in [0.4, 0.5) is 5.69 Å². The third-order valence-electron chi connectivity index (χ3n) is 3.18. The number of nitrogens with one attached hydrogen (secondary N) is 1. The molecule has 6 nitrogen and oxygen atoms in total. The second kappa shape index (κ2) is 6.26. The second-order valence-corrected chi connectivity index (χ2v) is 5.17. The molecule has 1 aromatic carbocycles. The van der Waals surface area contributed by atoms with Gasteiger partial charge in [-0.25, -0.2) is 0 Å². The van der Waals surface area contributed by atoms with E-state index in [1.54, 1.807) is 17.1 Å². The molecule has 6 heteroatoms. The lowest BCUT2D eigenvalue weighted by atomic mass is 10.2. The van der Waals surface area contributed by atoms with Crippen LogP contribution in [0.3, 0.4) is 0 Å². The molecule has 0 spiro atoms. The second-order valence-electron chi connectivity index (χ2n) is 5.17. The summed E-state index contributed by atoms with van der Waals surface area (Å²) in [5.74, 6) is -0.0978. The summed E-state index contributed by atoms with van der Waals surface area (Å²) in [5.41, 5.74) is 2.89. The summed E-state index contributed by atoms with van der Waals surface area (Å²) < 4.78 is 3.46. The first-order valence-electron chi connectivity index (χ1n) is 7.04. The fourth-order valence-corrected chi connectivity index (χ4v) is 2.23. The number of carbonyl (C=O) groups is 1. The number of hydrogen-bond acceptors (Lipinski definition) is 3. The van der Waals surface area contributed by atoms with Crippen molar-refractivity contribution in [3.63, 3.8) is 0 Å². The Labute approximate surface area is 128 Å². The van der Waals surface area contributed by atoms with E-state index in [1.165, 1.54) is 0 Å². The molecule has 0 atom stereocenters. The van der Waals surface area contributed by atoms with Gasteiger partial charge in [0.05, 0.1) is 12.7 Å². The number of anilines is 1. The summed E-state index contributed by atoms with van der Waals surface area (Å²) in [5, 5.41) is 11.2. The molecule has 0 saturated heterocycles. The molecule has 0 aliphatic carbocycles. The maximum absolute atomic E-state index is 12.0. The number of amides is 1. The van der Waals surface area contributed by atoms with Crippen LogP contribution in [-0.4, -0.2) is 25.5 Å². The van der Waals surface area contributed by atoms with Crippen LogP contribution in [0, 0.1) is 6.92 Å². The van der Waals surface area contributed by atoms with Crippen molar-refractivity contribution in [1.82, 2.24) is 19.6 Å². The predicted octanol–water partition coefficient (Wildman–Crippen LogP) is 2.08. The Morgan fingerprint density at radius 2 is 2.14 bits per heavy atom. The van der Waals surface area contributed by atoms with E-state index in [-0.39, 0.29) is 12.5 Å². The summed E-state index contributed by atoms with van der Waals surface area (Å²) >= 11 is 0. The fourth-order valence-electron chi connectivity index (χ4n) is 2.23. The van der Waals surface area contributed by atoms with E-state index in [1.807, 2.05) is 54.3 Å². The molecule has 0 aliphatic heterocycles. The number of aromatic nitrogens is 4. The summed E-state index contributed by atoms with van der Waals surface area (Å²) in [6.45, 7) is 2.83. The quantitative estimate of drug-likeness (QED) is 0.783. The summed E-state index contributed by atoms with van der Waals surface area (Å²) in [6, 6.07) is 9.64. The molecule has 2 aromatic heterocycles. The molecule has 112 valence electrons. The van der Waals surface area contributed by atoms with Crippen molar-refractivity contribution in [2.45, 2.75) is 20.0 Å². The van der Waals surface area contributed by atoms with E-state index in [4.69, 9.17) is 0 Å². The minimum atomic E-state index is -0.0978. The number of hydrogen-bond donors (Lipinski definition) is 1. The van der Waals surface area contributed by atoms with Crippen molar-refractivity contribution >= 4 is 11.6 Å². The lowest BCUT2D eigenvalue weighted by Gasteiger charge is -2.08. The molecule has 22 heavy (non-hydrogen) atoms. The topological polar surface area (TPSA) is 64.7 Å². The van der Waals surface area contributed by atoms with Crippen LogP contribution in [0.15, 0.2) is 55.1 Å². The Hall–Kier alpha value is -2.89. The van der Waals surface area contributed by atoms with Crippen molar-refractivity contribution in [2.24, 2.45) is 0 Å². The SMILES string of the molecule is Cc1cnn(CC(=O)Nc2cccc(Cn3cccn3)c2)c1. The Morgan fingerprint density at radius 3 is 2.86 bits per heavy atom.